The summed E-state index contributed by atoms with van der Waals surface area (Å²) in [7, 11) is 0. The molecule has 0 aliphatic rings. The summed E-state index contributed by atoms with van der Waals surface area (Å²) in [6, 6.07) is 9.10. The van der Waals surface area contributed by atoms with E-state index in [9.17, 15) is 4.79 Å². The molecule has 2 aromatic rings. The highest BCUT2D eigenvalue weighted by Crippen LogP contribution is 2.09. The lowest BCUT2D eigenvalue weighted by Gasteiger charge is -2.16. The first-order valence-electron chi connectivity index (χ1n) is 6.25. The van der Waals surface area contributed by atoms with Crippen LogP contribution in [0.4, 0.5) is 0 Å². The van der Waals surface area contributed by atoms with E-state index in [1.54, 1.807) is 12.4 Å². The summed E-state index contributed by atoms with van der Waals surface area (Å²) in [5.74, 6) is -0.155. The van der Waals surface area contributed by atoms with Crippen molar-refractivity contribution in [3.05, 3.63) is 53.9 Å². The smallest absolute Gasteiger partial charge is 0.237 e. The van der Waals surface area contributed by atoms with Crippen LogP contribution < -0.4 is 11.1 Å². The number of aromatic nitrogens is 2. The molecular weight excluding hydrogens is 240 g/mol. The molecule has 1 aromatic heterocycles. The molecule has 0 aliphatic carbocycles. The van der Waals surface area contributed by atoms with Crippen molar-refractivity contribution >= 4 is 5.91 Å². The summed E-state index contributed by atoms with van der Waals surface area (Å²) in [6.07, 6.45) is 3.98. The number of hydrogen-bond acceptors (Lipinski definition) is 3. The third-order valence-electron chi connectivity index (χ3n) is 3.01. The molecule has 1 amide bonds. The second-order valence-corrected chi connectivity index (χ2v) is 4.56. The molecule has 2 rings (SSSR count). The molecule has 1 aromatic carbocycles. The van der Waals surface area contributed by atoms with Crippen LogP contribution in [0.2, 0.25) is 0 Å². The van der Waals surface area contributed by atoms with Crippen molar-refractivity contribution in [1.82, 2.24) is 15.5 Å². The van der Waals surface area contributed by atoms with Crippen LogP contribution in [0.1, 0.15) is 24.1 Å². The van der Waals surface area contributed by atoms with Gasteiger partial charge in [-0.05, 0) is 18.9 Å². The van der Waals surface area contributed by atoms with Crippen LogP contribution in [0, 0.1) is 0 Å². The second kappa shape index (κ2) is 6.15. The van der Waals surface area contributed by atoms with Crippen LogP contribution in [0.15, 0.2) is 42.7 Å². The van der Waals surface area contributed by atoms with Gasteiger partial charge in [-0.25, -0.2) is 0 Å². The van der Waals surface area contributed by atoms with E-state index in [2.05, 4.69) is 15.5 Å². The number of H-pyrrole nitrogens is 1. The van der Waals surface area contributed by atoms with Crippen LogP contribution in [0.3, 0.4) is 0 Å². The molecule has 0 aliphatic heterocycles. The van der Waals surface area contributed by atoms with Crippen molar-refractivity contribution in [3.63, 3.8) is 0 Å². The van der Waals surface area contributed by atoms with Gasteiger partial charge in [0.15, 0.2) is 0 Å². The summed E-state index contributed by atoms with van der Waals surface area (Å²) in [5, 5.41) is 9.45. The highest BCUT2D eigenvalue weighted by atomic mass is 16.2. The standard InChI is InChI=1S/C14H18N4O/c1-10(12-8-16-17-9-12)18-14(19)13(15)7-11-5-3-2-4-6-11/h2-6,8-10,13H,7,15H2,1H3,(H,16,17)(H,18,19). The molecule has 1 heterocycles. The Labute approximate surface area is 112 Å². The number of aromatic amines is 1. The number of nitrogens with one attached hydrogen (secondary N) is 2. The van der Waals surface area contributed by atoms with E-state index < -0.39 is 6.04 Å². The predicted octanol–water partition coefficient (Wildman–Crippen LogP) is 1.16. The van der Waals surface area contributed by atoms with Gasteiger partial charge >= 0.3 is 0 Å². The van der Waals surface area contributed by atoms with Crippen LogP contribution in [0.5, 0.6) is 0 Å². The first kappa shape index (κ1) is 13.3. The molecule has 19 heavy (non-hydrogen) atoms. The Morgan fingerprint density at radius 2 is 2.16 bits per heavy atom. The number of nitrogens with two attached hydrogens (primary N) is 1. The fourth-order valence-corrected chi connectivity index (χ4v) is 1.86. The highest BCUT2D eigenvalue weighted by molar-refractivity contribution is 5.82. The van der Waals surface area contributed by atoms with Gasteiger partial charge in [0.2, 0.25) is 5.91 Å². The molecule has 2 unspecified atom stereocenters. The summed E-state index contributed by atoms with van der Waals surface area (Å²) in [6.45, 7) is 1.90. The maximum Gasteiger partial charge on any atom is 0.237 e. The lowest BCUT2D eigenvalue weighted by molar-refractivity contribution is -0.123. The largest absolute Gasteiger partial charge is 0.348 e. The topological polar surface area (TPSA) is 83.8 Å². The molecule has 5 heteroatoms. The fraction of sp³-hybridized carbons (Fsp3) is 0.286. The van der Waals surface area contributed by atoms with Crippen molar-refractivity contribution in [3.8, 4) is 0 Å². The summed E-state index contributed by atoms with van der Waals surface area (Å²) in [5.41, 5.74) is 7.90. The van der Waals surface area contributed by atoms with E-state index in [1.807, 2.05) is 37.3 Å². The van der Waals surface area contributed by atoms with Crippen molar-refractivity contribution in [2.45, 2.75) is 25.4 Å². The quantitative estimate of drug-likeness (QED) is 0.752. The SMILES string of the molecule is CC(NC(=O)C(N)Cc1ccccc1)c1cn[nH]c1. The van der Waals surface area contributed by atoms with Crippen molar-refractivity contribution in [2.75, 3.05) is 0 Å². The van der Waals surface area contributed by atoms with Gasteiger partial charge in [0.1, 0.15) is 0 Å². The molecule has 0 spiro atoms. The third-order valence-corrected chi connectivity index (χ3v) is 3.01. The molecule has 5 nitrogen and oxygen atoms in total. The minimum absolute atomic E-state index is 0.104. The van der Waals surface area contributed by atoms with Gasteiger partial charge in [-0.15, -0.1) is 0 Å². The van der Waals surface area contributed by atoms with E-state index >= 15 is 0 Å². The van der Waals surface area contributed by atoms with Crippen LogP contribution in [0.25, 0.3) is 0 Å². The molecule has 2 atom stereocenters. The Balaban J connectivity index is 1.89. The number of carbonyl (C=O) groups excluding carboxylic acids is 1. The zero-order chi connectivity index (χ0) is 13.7. The van der Waals surface area contributed by atoms with Gasteiger partial charge in [-0.3, -0.25) is 9.89 Å². The Morgan fingerprint density at radius 3 is 2.79 bits per heavy atom. The van der Waals surface area contributed by atoms with Crippen LogP contribution in [-0.4, -0.2) is 22.1 Å². The zero-order valence-electron chi connectivity index (χ0n) is 10.8. The number of carbonyl (C=O) groups is 1. The average Bonchev–Trinajstić information content (AvgIpc) is 2.93. The molecule has 0 radical (unpaired) electrons. The first-order valence-corrected chi connectivity index (χ1v) is 6.25. The third kappa shape index (κ3) is 3.66. The molecule has 0 fully saturated rings. The monoisotopic (exact) mass is 258 g/mol. The second-order valence-electron chi connectivity index (χ2n) is 4.56. The lowest BCUT2D eigenvalue weighted by Crippen LogP contribution is -2.42. The maximum absolute atomic E-state index is 12.0. The summed E-state index contributed by atoms with van der Waals surface area (Å²) < 4.78 is 0. The number of amides is 1. The Bertz CT molecular complexity index is 510. The van der Waals surface area contributed by atoms with E-state index in [-0.39, 0.29) is 11.9 Å². The van der Waals surface area contributed by atoms with Crippen molar-refractivity contribution in [1.29, 1.82) is 0 Å². The van der Waals surface area contributed by atoms with E-state index in [0.29, 0.717) is 6.42 Å². The Hall–Kier alpha value is -2.14. The molecule has 0 saturated carbocycles. The maximum atomic E-state index is 12.0. The van der Waals surface area contributed by atoms with Gasteiger partial charge in [-0.2, -0.15) is 5.10 Å². The molecule has 4 N–H and O–H groups in total. The van der Waals surface area contributed by atoms with Gasteiger partial charge in [0.25, 0.3) is 0 Å². The van der Waals surface area contributed by atoms with E-state index in [4.69, 9.17) is 5.73 Å². The number of benzene rings is 1. The van der Waals surface area contributed by atoms with Crippen LogP contribution >= 0.6 is 0 Å². The summed E-state index contributed by atoms with van der Waals surface area (Å²) >= 11 is 0. The normalized spacial score (nSPS) is 13.8. The molecular formula is C14H18N4O. The minimum atomic E-state index is -0.545. The molecule has 0 bridgehead atoms. The molecule has 0 saturated heterocycles. The molecule has 100 valence electrons. The summed E-state index contributed by atoms with van der Waals surface area (Å²) in [4.78, 5) is 12.0. The van der Waals surface area contributed by atoms with Crippen molar-refractivity contribution < 1.29 is 4.79 Å². The van der Waals surface area contributed by atoms with Gasteiger partial charge < -0.3 is 11.1 Å². The zero-order valence-corrected chi connectivity index (χ0v) is 10.8. The number of rotatable bonds is 5. The van der Waals surface area contributed by atoms with Crippen molar-refractivity contribution in [2.24, 2.45) is 5.73 Å². The minimum Gasteiger partial charge on any atom is -0.348 e. The van der Waals surface area contributed by atoms with Gasteiger partial charge in [0, 0.05) is 11.8 Å². The fourth-order valence-electron chi connectivity index (χ4n) is 1.86. The Kier molecular flexibility index (Phi) is 4.30. The predicted molar refractivity (Wildman–Crippen MR) is 73.3 cm³/mol. The van der Waals surface area contributed by atoms with E-state index in [0.717, 1.165) is 11.1 Å². The first-order chi connectivity index (χ1) is 9.16. The highest BCUT2D eigenvalue weighted by Gasteiger charge is 2.17. The average molecular weight is 258 g/mol. The number of nitrogens with zero attached hydrogens (tertiary/aromatic N) is 1. The van der Waals surface area contributed by atoms with Gasteiger partial charge in [0.05, 0.1) is 18.3 Å². The Morgan fingerprint density at radius 1 is 1.42 bits per heavy atom. The van der Waals surface area contributed by atoms with Crippen LogP contribution in [-0.2, 0) is 11.2 Å². The van der Waals surface area contributed by atoms with E-state index in [1.165, 1.54) is 0 Å². The lowest BCUT2D eigenvalue weighted by atomic mass is 10.1. The number of hydrogen-bond donors (Lipinski definition) is 3. The van der Waals surface area contributed by atoms with Gasteiger partial charge in [-0.1, -0.05) is 30.3 Å².